The summed E-state index contributed by atoms with van der Waals surface area (Å²) in [7, 11) is 0. The maximum Gasteiger partial charge on any atom is 0.137 e. The number of likely N-dealkylation sites (tertiary alicyclic amines) is 1. The SMILES string of the molecule is CC1(O)CCCC1N1CCCC1C1CCCC1=O. The summed E-state index contributed by atoms with van der Waals surface area (Å²) in [6, 6.07) is 0.716. The highest BCUT2D eigenvalue weighted by molar-refractivity contribution is 5.83. The first-order valence-corrected chi connectivity index (χ1v) is 7.60. The standard InChI is InChI=1S/C15H25NO2/c1-15(18)9-3-8-14(15)16-10-4-6-12(16)11-5-2-7-13(11)17/h11-12,14,18H,2-10H2,1H3. The molecule has 2 saturated carbocycles. The van der Waals surface area contributed by atoms with Gasteiger partial charge in [0, 0.05) is 24.4 Å². The number of carbonyl (C=O) groups is 1. The molecule has 0 bridgehead atoms. The zero-order chi connectivity index (χ0) is 12.8. The average molecular weight is 251 g/mol. The highest BCUT2D eigenvalue weighted by Gasteiger charge is 2.47. The van der Waals surface area contributed by atoms with Crippen LogP contribution in [0.2, 0.25) is 0 Å². The van der Waals surface area contributed by atoms with Gasteiger partial charge in [0.25, 0.3) is 0 Å². The van der Waals surface area contributed by atoms with Crippen molar-refractivity contribution in [3.05, 3.63) is 0 Å². The molecule has 3 fully saturated rings. The molecular formula is C15H25NO2. The van der Waals surface area contributed by atoms with Gasteiger partial charge in [-0.1, -0.05) is 0 Å². The first kappa shape index (κ1) is 12.6. The third-order valence-electron chi connectivity index (χ3n) is 5.44. The van der Waals surface area contributed by atoms with Crippen LogP contribution in [0.4, 0.5) is 0 Å². The summed E-state index contributed by atoms with van der Waals surface area (Å²) in [6.45, 7) is 3.06. The third-order valence-corrected chi connectivity index (χ3v) is 5.44. The molecule has 0 aromatic carbocycles. The summed E-state index contributed by atoms with van der Waals surface area (Å²) in [5.41, 5.74) is -0.537. The lowest BCUT2D eigenvalue weighted by molar-refractivity contribution is -0.123. The number of aliphatic hydroxyl groups is 1. The number of rotatable bonds is 2. The van der Waals surface area contributed by atoms with E-state index in [9.17, 15) is 9.90 Å². The zero-order valence-corrected chi connectivity index (χ0v) is 11.4. The van der Waals surface area contributed by atoms with Gasteiger partial charge in [0.15, 0.2) is 0 Å². The van der Waals surface area contributed by atoms with E-state index >= 15 is 0 Å². The Balaban J connectivity index is 1.77. The van der Waals surface area contributed by atoms with E-state index in [2.05, 4.69) is 4.90 Å². The molecule has 2 aliphatic carbocycles. The van der Waals surface area contributed by atoms with Gasteiger partial charge in [0.2, 0.25) is 0 Å². The van der Waals surface area contributed by atoms with Crippen LogP contribution in [0.1, 0.15) is 58.3 Å². The predicted octanol–water partition coefficient (Wildman–Crippen LogP) is 2.12. The van der Waals surface area contributed by atoms with E-state index in [4.69, 9.17) is 0 Å². The largest absolute Gasteiger partial charge is 0.389 e. The second-order valence-electron chi connectivity index (χ2n) is 6.68. The van der Waals surface area contributed by atoms with Crippen LogP contribution in [-0.2, 0) is 4.79 Å². The lowest BCUT2D eigenvalue weighted by Gasteiger charge is -2.39. The molecule has 3 aliphatic rings. The third kappa shape index (κ3) is 2.01. The quantitative estimate of drug-likeness (QED) is 0.817. The second kappa shape index (κ2) is 4.61. The molecule has 3 rings (SSSR count). The molecule has 18 heavy (non-hydrogen) atoms. The number of hydrogen-bond acceptors (Lipinski definition) is 3. The Morgan fingerprint density at radius 2 is 2.06 bits per heavy atom. The predicted molar refractivity (Wildman–Crippen MR) is 70.3 cm³/mol. The van der Waals surface area contributed by atoms with Crippen molar-refractivity contribution in [2.45, 2.75) is 76.0 Å². The van der Waals surface area contributed by atoms with Crippen molar-refractivity contribution in [1.82, 2.24) is 4.90 Å². The van der Waals surface area contributed by atoms with Gasteiger partial charge in [-0.05, 0) is 58.4 Å². The minimum atomic E-state index is -0.537. The molecule has 0 aromatic heterocycles. The summed E-state index contributed by atoms with van der Waals surface area (Å²) in [5.74, 6) is 0.744. The van der Waals surface area contributed by atoms with Crippen LogP contribution < -0.4 is 0 Å². The van der Waals surface area contributed by atoms with Crippen molar-refractivity contribution < 1.29 is 9.90 Å². The minimum absolute atomic E-state index is 0.267. The van der Waals surface area contributed by atoms with Crippen LogP contribution in [0.5, 0.6) is 0 Å². The Hall–Kier alpha value is -0.410. The fraction of sp³-hybridized carbons (Fsp3) is 0.933. The van der Waals surface area contributed by atoms with Gasteiger partial charge in [-0.3, -0.25) is 9.69 Å². The maximum atomic E-state index is 12.0. The second-order valence-corrected chi connectivity index (χ2v) is 6.68. The van der Waals surface area contributed by atoms with Crippen LogP contribution in [0, 0.1) is 5.92 Å². The molecule has 0 radical (unpaired) electrons. The van der Waals surface area contributed by atoms with E-state index in [0.29, 0.717) is 17.9 Å². The van der Waals surface area contributed by atoms with E-state index in [1.54, 1.807) is 0 Å². The van der Waals surface area contributed by atoms with Gasteiger partial charge in [-0.25, -0.2) is 0 Å². The molecule has 0 spiro atoms. The molecular weight excluding hydrogens is 226 g/mol. The van der Waals surface area contributed by atoms with Gasteiger partial charge in [0.05, 0.1) is 5.60 Å². The van der Waals surface area contributed by atoms with E-state index in [-0.39, 0.29) is 5.92 Å². The number of Topliss-reactive ketones (excluding diaryl/α,β-unsaturated/α-hetero) is 1. The summed E-state index contributed by atoms with van der Waals surface area (Å²) < 4.78 is 0. The Morgan fingerprint density at radius 3 is 2.67 bits per heavy atom. The van der Waals surface area contributed by atoms with Crippen LogP contribution in [0.3, 0.4) is 0 Å². The monoisotopic (exact) mass is 251 g/mol. The first-order valence-electron chi connectivity index (χ1n) is 7.60. The summed E-state index contributed by atoms with van der Waals surface area (Å²) >= 11 is 0. The van der Waals surface area contributed by atoms with E-state index in [0.717, 1.165) is 51.5 Å². The smallest absolute Gasteiger partial charge is 0.137 e. The van der Waals surface area contributed by atoms with Gasteiger partial charge in [0.1, 0.15) is 5.78 Å². The molecule has 1 heterocycles. The molecule has 0 aromatic rings. The molecule has 1 aliphatic heterocycles. The van der Waals surface area contributed by atoms with E-state index in [1.165, 1.54) is 6.42 Å². The van der Waals surface area contributed by atoms with Crippen molar-refractivity contribution in [3.8, 4) is 0 Å². The normalized spacial score (nSPS) is 46.1. The highest BCUT2D eigenvalue weighted by Crippen LogP contribution is 2.41. The van der Waals surface area contributed by atoms with Gasteiger partial charge < -0.3 is 5.11 Å². The number of carbonyl (C=O) groups excluding carboxylic acids is 1. The molecule has 4 atom stereocenters. The fourth-order valence-corrected chi connectivity index (χ4v) is 4.54. The van der Waals surface area contributed by atoms with Crippen LogP contribution in [0.25, 0.3) is 0 Å². The van der Waals surface area contributed by atoms with Crippen LogP contribution in [0.15, 0.2) is 0 Å². The van der Waals surface area contributed by atoms with Crippen molar-refractivity contribution in [2.75, 3.05) is 6.54 Å². The molecule has 102 valence electrons. The molecule has 1 N–H and O–H groups in total. The molecule has 1 saturated heterocycles. The molecule has 4 unspecified atom stereocenters. The fourth-order valence-electron chi connectivity index (χ4n) is 4.54. The Bertz CT molecular complexity index is 339. The lowest BCUT2D eigenvalue weighted by Crippen LogP contribution is -2.51. The summed E-state index contributed by atoms with van der Waals surface area (Å²) in [6.07, 6.45) is 8.44. The highest BCUT2D eigenvalue weighted by atomic mass is 16.3. The average Bonchev–Trinajstić information content (AvgIpc) is 2.97. The maximum absolute atomic E-state index is 12.0. The summed E-state index contributed by atoms with van der Waals surface area (Å²) in [5, 5.41) is 10.5. The van der Waals surface area contributed by atoms with Crippen molar-refractivity contribution in [2.24, 2.45) is 5.92 Å². The molecule has 0 amide bonds. The Morgan fingerprint density at radius 1 is 1.22 bits per heavy atom. The zero-order valence-electron chi connectivity index (χ0n) is 11.4. The van der Waals surface area contributed by atoms with Gasteiger partial charge >= 0.3 is 0 Å². The molecule has 3 nitrogen and oxygen atoms in total. The minimum Gasteiger partial charge on any atom is -0.389 e. The first-order chi connectivity index (χ1) is 8.59. The Kier molecular flexibility index (Phi) is 3.23. The van der Waals surface area contributed by atoms with Gasteiger partial charge in [-0.2, -0.15) is 0 Å². The van der Waals surface area contributed by atoms with Crippen molar-refractivity contribution in [1.29, 1.82) is 0 Å². The van der Waals surface area contributed by atoms with Crippen molar-refractivity contribution in [3.63, 3.8) is 0 Å². The number of hydrogen-bond donors (Lipinski definition) is 1. The molecule has 3 heteroatoms. The van der Waals surface area contributed by atoms with Crippen molar-refractivity contribution >= 4 is 5.78 Å². The topological polar surface area (TPSA) is 40.5 Å². The summed E-state index contributed by atoms with van der Waals surface area (Å²) in [4.78, 5) is 14.5. The number of nitrogens with zero attached hydrogens (tertiary/aromatic N) is 1. The lowest BCUT2D eigenvalue weighted by atomic mass is 9.91. The van der Waals surface area contributed by atoms with E-state index < -0.39 is 5.60 Å². The Labute approximate surface area is 110 Å². The van der Waals surface area contributed by atoms with Gasteiger partial charge in [-0.15, -0.1) is 0 Å². The van der Waals surface area contributed by atoms with Crippen LogP contribution >= 0.6 is 0 Å². The van der Waals surface area contributed by atoms with E-state index in [1.807, 2.05) is 6.92 Å². The number of ketones is 1. The van der Waals surface area contributed by atoms with Crippen LogP contribution in [-0.4, -0.2) is 40.0 Å².